The molecule has 36 heavy (non-hydrogen) atoms. The highest BCUT2D eigenvalue weighted by Gasteiger charge is 2.33. The van der Waals surface area contributed by atoms with Crippen molar-refractivity contribution in [1.29, 1.82) is 0 Å². The molecule has 0 saturated carbocycles. The highest BCUT2D eigenvalue weighted by atomic mass is 32.2. The lowest BCUT2D eigenvalue weighted by molar-refractivity contribution is -0.138. The van der Waals surface area contributed by atoms with Crippen molar-refractivity contribution in [3.8, 4) is 0 Å². The van der Waals surface area contributed by atoms with Crippen LogP contribution in [0, 0.1) is 11.7 Å². The minimum absolute atomic E-state index is 0.0101. The Bertz CT molecular complexity index is 1360. The number of amides is 1. The Morgan fingerprint density at radius 1 is 1.08 bits per heavy atom. The molecule has 12 heteroatoms. The Labute approximate surface area is 209 Å². The largest absolute Gasteiger partial charge is 0.368 e. The van der Waals surface area contributed by atoms with Crippen molar-refractivity contribution < 1.29 is 17.6 Å². The van der Waals surface area contributed by atoms with E-state index in [1.165, 1.54) is 12.1 Å². The second-order valence-corrected chi connectivity index (χ2v) is 11.6. The Balaban J connectivity index is 1.20. The van der Waals surface area contributed by atoms with Crippen molar-refractivity contribution in [1.82, 2.24) is 29.3 Å². The van der Waals surface area contributed by atoms with E-state index < -0.39 is 15.7 Å². The molecule has 2 aliphatic heterocycles. The second kappa shape index (κ2) is 9.74. The first kappa shape index (κ1) is 24.6. The fraction of sp³-hybridized carbons (Fsp3) is 0.500. The molecule has 2 N–H and O–H groups in total. The van der Waals surface area contributed by atoms with Crippen LogP contribution in [-0.2, 0) is 21.2 Å². The summed E-state index contributed by atoms with van der Waals surface area (Å²) in [7, 11) is -3.60. The fourth-order valence-electron chi connectivity index (χ4n) is 5.31. The molecule has 0 unspecified atom stereocenters. The molecule has 1 amide bonds. The number of nitrogens with two attached hydrogens (primary N) is 1. The van der Waals surface area contributed by atoms with Crippen LogP contribution in [0.1, 0.15) is 37.3 Å². The summed E-state index contributed by atoms with van der Waals surface area (Å²) in [6.07, 6.45) is 7.42. The number of benzene rings is 1. The molecule has 5 rings (SSSR count). The summed E-state index contributed by atoms with van der Waals surface area (Å²) in [5, 5.41) is -0.0493. The predicted molar refractivity (Wildman–Crippen MR) is 132 cm³/mol. The van der Waals surface area contributed by atoms with Gasteiger partial charge in [0.2, 0.25) is 26.8 Å². The maximum Gasteiger partial charge on any atom is 0.228 e. The SMILES string of the molecule is CS(=O)(=O)c1nc2cc(F)ccc2n1C1CCN(C(=O)C2CCN(Cc3cnc(N)nc3)CC2)CC1. The fourth-order valence-corrected chi connectivity index (χ4v) is 6.18. The zero-order chi connectivity index (χ0) is 25.4. The molecule has 2 saturated heterocycles. The van der Waals surface area contributed by atoms with Crippen molar-refractivity contribution in [3.63, 3.8) is 0 Å². The van der Waals surface area contributed by atoms with Gasteiger partial charge >= 0.3 is 0 Å². The molecule has 2 aliphatic rings. The quantitative estimate of drug-likeness (QED) is 0.547. The summed E-state index contributed by atoms with van der Waals surface area (Å²) in [5.74, 6) is -0.0381. The van der Waals surface area contributed by atoms with E-state index >= 15 is 0 Å². The Kier molecular flexibility index (Phi) is 6.64. The van der Waals surface area contributed by atoms with E-state index in [0.29, 0.717) is 37.0 Å². The number of hydrogen-bond donors (Lipinski definition) is 1. The van der Waals surface area contributed by atoms with Crippen molar-refractivity contribution in [3.05, 3.63) is 42.0 Å². The van der Waals surface area contributed by atoms with Crippen LogP contribution >= 0.6 is 0 Å². The summed E-state index contributed by atoms with van der Waals surface area (Å²) >= 11 is 0. The smallest absolute Gasteiger partial charge is 0.228 e. The number of fused-ring (bicyclic) bond motifs is 1. The monoisotopic (exact) mass is 515 g/mol. The van der Waals surface area contributed by atoms with Crippen molar-refractivity contribution in [2.45, 2.75) is 43.4 Å². The summed E-state index contributed by atoms with van der Waals surface area (Å²) < 4.78 is 40.3. The van der Waals surface area contributed by atoms with Crippen LogP contribution in [0.4, 0.5) is 10.3 Å². The lowest BCUT2D eigenvalue weighted by atomic mass is 9.93. The number of aromatic nitrogens is 4. The third-order valence-corrected chi connectivity index (χ3v) is 8.11. The van der Waals surface area contributed by atoms with Gasteiger partial charge in [-0.15, -0.1) is 0 Å². The molecule has 10 nitrogen and oxygen atoms in total. The van der Waals surface area contributed by atoms with Crippen molar-refractivity contribution in [2.75, 3.05) is 38.2 Å². The minimum Gasteiger partial charge on any atom is -0.368 e. The first-order chi connectivity index (χ1) is 17.2. The molecule has 0 radical (unpaired) electrons. The zero-order valence-electron chi connectivity index (χ0n) is 20.2. The van der Waals surface area contributed by atoms with E-state index in [0.717, 1.165) is 44.3 Å². The molecule has 0 atom stereocenters. The molecule has 0 aliphatic carbocycles. The minimum atomic E-state index is -3.60. The number of sulfone groups is 1. The van der Waals surface area contributed by atoms with Gasteiger partial charge in [-0.1, -0.05) is 0 Å². The average Bonchev–Trinajstić information content (AvgIpc) is 3.25. The second-order valence-electron chi connectivity index (χ2n) is 9.73. The van der Waals surface area contributed by atoms with Crippen LogP contribution in [0.5, 0.6) is 0 Å². The first-order valence-electron chi connectivity index (χ1n) is 12.1. The van der Waals surface area contributed by atoms with Crippen LogP contribution < -0.4 is 5.73 Å². The first-order valence-corrected chi connectivity index (χ1v) is 14.0. The van der Waals surface area contributed by atoms with E-state index in [2.05, 4.69) is 19.9 Å². The van der Waals surface area contributed by atoms with Gasteiger partial charge in [-0.3, -0.25) is 9.69 Å². The van der Waals surface area contributed by atoms with Gasteiger partial charge in [-0.25, -0.2) is 27.8 Å². The van der Waals surface area contributed by atoms with Gasteiger partial charge in [-0.2, -0.15) is 0 Å². The topological polar surface area (TPSA) is 127 Å². The highest BCUT2D eigenvalue weighted by Crippen LogP contribution is 2.32. The molecule has 2 aromatic heterocycles. The van der Waals surface area contributed by atoms with E-state index in [-0.39, 0.29) is 29.0 Å². The van der Waals surface area contributed by atoms with Gasteiger partial charge in [0.1, 0.15) is 5.82 Å². The summed E-state index contributed by atoms with van der Waals surface area (Å²) in [4.78, 5) is 29.7. The van der Waals surface area contributed by atoms with Gasteiger partial charge in [0.25, 0.3) is 0 Å². The number of halogens is 1. The molecule has 0 spiro atoms. The molecular weight excluding hydrogens is 485 g/mol. The van der Waals surface area contributed by atoms with Crippen LogP contribution in [0.25, 0.3) is 11.0 Å². The van der Waals surface area contributed by atoms with Gasteiger partial charge in [0, 0.05) is 61.9 Å². The van der Waals surface area contributed by atoms with Crippen LogP contribution in [-0.4, -0.2) is 76.1 Å². The average molecular weight is 516 g/mol. The number of carbonyl (C=O) groups excluding carboxylic acids is 1. The van der Waals surface area contributed by atoms with Gasteiger partial charge in [-0.05, 0) is 50.9 Å². The zero-order valence-corrected chi connectivity index (χ0v) is 21.0. The lowest BCUT2D eigenvalue weighted by Crippen LogP contribution is -2.45. The molecule has 4 heterocycles. The number of rotatable bonds is 5. The van der Waals surface area contributed by atoms with Crippen molar-refractivity contribution in [2.24, 2.45) is 5.92 Å². The van der Waals surface area contributed by atoms with Crippen LogP contribution in [0.3, 0.4) is 0 Å². The Morgan fingerprint density at radius 2 is 1.75 bits per heavy atom. The maximum absolute atomic E-state index is 13.7. The number of imidazole rings is 1. The van der Waals surface area contributed by atoms with Crippen molar-refractivity contribution >= 4 is 32.7 Å². The van der Waals surface area contributed by atoms with E-state index in [1.807, 2.05) is 4.90 Å². The molecule has 1 aromatic carbocycles. The maximum atomic E-state index is 13.7. The molecule has 3 aromatic rings. The number of piperidine rings is 2. The standard InChI is InChI=1S/C24H30FN7O3S/c1-36(34,35)24-29-20-12-18(25)2-3-21(20)32(24)19-6-10-31(11-7-19)22(33)17-4-8-30(9-5-17)15-16-13-27-23(26)28-14-16/h2-3,12-14,17,19H,4-11,15H2,1H3,(H2,26,27,28). The van der Waals surface area contributed by atoms with Gasteiger partial charge in [0.05, 0.1) is 11.0 Å². The number of carbonyl (C=O) groups is 1. The molecule has 2 fully saturated rings. The Morgan fingerprint density at radius 3 is 2.39 bits per heavy atom. The summed E-state index contributed by atoms with van der Waals surface area (Å²) in [6, 6.07) is 4.02. The van der Waals surface area contributed by atoms with E-state index in [4.69, 9.17) is 5.73 Å². The normalized spacial score (nSPS) is 18.7. The van der Waals surface area contributed by atoms with Crippen LogP contribution in [0.15, 0.2) is 35.7 Å². The third kappa shape index (κ3) is 5.05. The number of nitrogen functional groups attached to an aromatic ring is 1. The van der Waals surface area contributed by atoms with E-state index in [1.54, 1.807) is 23.0 Å². The highest BCUT2D eigenvalue weighted by molar-refractivity contribution is 7.90. The Hall–Kier alpha value is -3.12. The lowest BCUT2D eigenvalue weighted by Gasteiger charge is -2.37. The van der Waals surface area contributed by atoms with Gasteiger partial charge in [0.15, 0.2) is 0 Å². The number of anilines is 1. The number of hydrogen-bond acceptors (Lipinski definition) is 8. The molecular formula is C24H30FN7O3S. The molecule has 0 bridgehead atoms. The number of likely N-dealkylation sites (tertiary alicyclic amines) is 2. The predicted octanol–water partition coefficient (Wildman–Crippen LogP) is 2.03. The molecule has 192 valence electrons. The van der Waals surface area contributed by atoms with E-state index in [9.17, 15) is 17.6 Å². The number of nitrogens with zero attached hydrogens (tertiary/aromatic N) is 6. The summed E-state index contributed by atoms with van der Waals surface area (Å²) in [5.41, 5.74) is 7.47. The van der Waals surface area contributed by atoms with Crippen LogP contribution in [0.2, 0.25) is 0 Å². The third-order valence-electron chi connectivity index (χ3n) is 7.16. The van der Waals surface area contributed by atoms with Gasteiger partial charge < -0.3 is 15.2 Å². The summed E-state index contributed by atoms with van der Waals surface area (Å²) in [6.45, 7) is 3.49.